The summed E-state index contributed by atoms with van der Waals surface area (Å²) in [5, 5.41) is 9.13. The van der Waals surface area contributed by atoms with Gasteiger partial charge >= 0.3 is 5.97 Å². The van der Waals surface area contributed by atoms with Crippen LogP contribution >= 0.6 is 0 Å². The van der Waals surface area contributed by atoms with Gasteiger partial charge in [0.2, 0.25) is 0 Å². The number of unbranched alkanes of at least 4 members (excludes halogenated alkanes) is 7. The van der Waals surface area contributed by atoms with Crippen LogP contribution in [0.5, 0.6) is 0 Å². The van der Waals surface area contributed by atoms with Crippen LogP contribution in [0.2, 0.25) is 0 Å². The minimum atomic E-state index is -0.239. The number of carbonyl (C=O) groups excluding carboxylic acids is 1. The van der Waals surface area contributed by atoms with Crippen molar-refractivity contribution in [2.24, 2.45) is 0 Å². The van der Waals surface area contributed by atoms with Crippen molar-refractivity contribution in [2.45, 2.75) is 162 Å². The molecule has 1 aliphatic rings. The van der Waals surface area contributed by atoms with E-state index in [0.717, 1.165) is 63.5 Å². The molecule has 6 heteroatoms. The van der Waals surface area contributed by atoms with Gasteiger partial charge in [-0.1, -0.05) is 96.6 Å². The van der Waals surface area contributed by atoms with Crippen LogP contribution in [0.15, 0.2) is 0 Å². The quantitative estimate of drug-likeness (QED) is 0.153. The van der Waals surface area contributed by atoms with E-state index in [1.54, 1.807) is 0 Å². The van der Waals surface area contributed by atoms with Crippen LogP contribution in [0, 0.1) is 0 Å². The summed E-state index contributed by atoms with van der Waals surface area (Å²) in [5.74, 6) is -0.239. The maximum Gasteiger partial charge on any atom is 0.332 e. The molecule has 0 spiro atoms. The summed E-state index contributed by atoms with van der Waals surface area (Å²) in [6, 6.07) is 0.347. The van der Waals surface area contributed by atoms with Crippen molar-refractivity contribution in [1.29, 1.82) is 0 Å². The molecule has 6 nitrogen and oxygen atoms in total. The van der Waals surface area contributed by atoms with Crippen LogP contribution in [0.4, 0.5) is 0 Å². The molecule has 0 bridgehead atoms. The van der Waals surface area contributed by atoms with Crippen LogP contribution in [0.25, 0.3) is 0 Å². The lowest BCUT2D eigenvalue weighted by atomic mass is 9.98. The second-order valence-corrected chi connectivity index (χ2v) is 10.6. The molecule has 0 amide bonds. The third-order valence-electron chi connectivity index (χ3n) is 7.34. The number of nitrogens with zero attached hydrogens (tertiary/aromatic N) is 3. The summed E-state index contributed by atoms with van der Waals surface area (Å²) in [7, 11) is 0. The van der Waals surface area contributed by atoms with Crippen molar-refractivity contribution in [3.8, 4) is 0 Å². The molecule has 1 aliphatic carbocycles. The summed E-state index contributed by atoms with van der Waals surface area (Å²) in [5.41, 5.74) is 2.15. The predicted octanol–water partition coefficient (Wildman–Crippen LogP) is 8.06. The first-order valence-electron chi connectivity index (χ1n) is 14.9. The van der Waals surface area contributed by atoms with Gasteiger partial charge in [0.05, 0.1) is 11.7 Å². The molecule has 1 aromatic heterocycles. The highest BCUT2D eigenvalue weighted by molar-refractivity contribution is 5.70. The molecule has 0 saturated heterocycles. The van der Waals surface area contributed by atoms with Crippen molar-refractivity contribution in [2.75, 3.05) is 6.61 Å². The van der Waals surface area contributed by atoms with Crippen molar-refractivity contribution >= 4 is 5.97 Å². The van der Waals surface area contributed by atoms with E-state index in [1.165, 1.54) is 63.5 Å². The number of fused-ring (bicyclic) bond motifs is 1. The molecule has 1 heterocycles. The lowest BCUT2D eigenvalue weighted by molar-refractivity contribution is -0.157. The van der Waals surface area contributed by atoms with E-state index in [1.807, 2.05) is 0 Å². The smallest absolute Gasteiger partial charge is 0.332 e. The predicted molar refractivity (Wildman–Crippen MR) is 143 cm³/mol. The van der Waals surface area contributed by atoms with Crippen LogP contribution < -0.4 is 0 Å². The van der Waals surface area contributed by atoms with Gasteiger partial charge in [0, 0.05) is 0 Å². The number of carbonyl (C=O) groups is 1. The number of rotatable bonds is 18. The van der Waals surface area contributed by atoms with E-state index in [4.69, 9.17) is 9.47 Å². The molecule has 0 aliphatic heterocycles. The van der Waals surface area contributed by atoms with Crippen LogP contribution in [0.1, 0.15) is 160 Å². The number of ether oxygens (including phenoxy) is 2. The van der Waals surface area contributed by atoms with Gasteiger partial charge in [0.1, 0.15) is 24.5 Å². The molecule has 0 fully saturated rings. The zero-order chi connectivity index (χ0) is 25.3. The van der Waals surface area contributed by atoms with Crippen molar-refractivity contribution in [3.63, 3.8) is 0 Å². The first kappa shape index (κ1) is 29.8. The SMILES string of the molecule is CCCCCCCC(CCC)OC(=O)COC1CCCCCc2c1nnn2C(C)CCCCCC. The summed E-state index contributed by atoms with van der Waals surface area (Å²) in [4.78, 5) is 12.7. The average Bonchev–Trinajstić information content (AvgIpc) is 3.24. The second kappa shape index (κ2) is 17.9. The van der Waals surface area contributed by atoms with Crippen molar-refractivity contribution in [3.05, 3.63) is 11.4 Å². The number of hydrogen-bond donors (Lipinski definition) is 0. The Bertz CT molecular complexity index is 691. The van der Waals surface area contributed by atoms with E-state index >= 15 is 0 Å². The highest BCUT2D eigenvalue weighted by Gasteiger charge is 2.27. The summed E-state index contributed by atoms with van der Waals surface area (Å²) in [6.07, 6.45) is 20.4. The van der Waals surface area contributed by atoms with Gasteiger partial charge in [-0.05, 0) is 51.9 Å². The lowest BCUT2D eigenvalue weighted by Gasteiger charge is -2.22. The molecule has 2 rings (SSSR count). The molecule has 0 aromatic carbocycles. The van der Waals surface area contributed by atoms with Crippen LogP contribution in [0.3, 0.4) is 0 Å². The number of hydrogen-bond acceptors (Lipinski definition) is 5. The van der Waals surface area contributed by atoms with Crippen molar-refractivity contribution < 1.29 is 14.3 Å². The van der Waals surface area contributed by atoms with Crippen LogP contribution in [-0.2, 0) is 20.7 Å². The maximum absolute atomic E-state index is 12.7. The van der Waals surface area contributed by atoms with Crippen LogP contribution in [-0.4, -0.2) is 33.7 Å². The second-order valence-electron chi connectivity index (χ2n) is 10.6. The Morgan fingerprint density at radius 3 is 2.37 bits per heavy atom. The Labute approximate surface area is 214 Å². The Morgan fingerprint density at radius 2 is 1.63 bits per heavy atom. The molecule has 0 saturated carbocycles. The van der Waals surface area contributed by atoms with Crippen molar-refractivity contribution in [1.82, 2.24) is 15.0 Å². The van der Waals surface area contributed by atoms with Gasteiger partial charge in [-0.2, -0.15) is 0 Å². The topological polar surface area (TPSA) is 66.2 Å². The summed E-state index contributed by atoms with van der Waals surface area (Å²) < 4.78 is 14.1. The molecule has 0 radical (unpaired) electrons. The summed E-state index contributed by atoms with van der Waals surface area (Å²) >= 11 is 0. The molecule has 202 valence electrons. The van der Waals surface area contributed by atoms with E-state index in [2.05, 4.69) is 42.7 Å². The normalized spacial score (nSPS) is 17.9. The minimum absolute atomic E-state index is 0.000410. The third kappa shape index (κ3) is 11.0. The fraction of sp³-hybridized carbons (Fsp3) is 0.897. The molecule has 3 atom stereocenters. The number of aromatic nitrogens is 3. The Kier molecular flexibility index (Phi) is 15.3. The van der Waals surface area contributed by atoms with E-state index < -0.39 is 0 Å². The Hall–Kier alpha value is -1.43. The zero-order valence-electron chi connectivity index (χ0n) is 23.2. The zero-order valence-corrected chi connectivity index (χ0v) is 23.2. The van der Waals surface area contributed by atoms with E-state index in [9.17, 15) is 4.79 Å². The van der Waals surface area contributed by atoms with E-state index in [-0.39, 0.29) is 24.8 Å². The first-order valence-corrected chi connectivity index (χ1v) is 14.9. The molecular formula is C29H53N3O3. The molecule has 0 N–H and O–H groups in total. The average molecular weight is 492 g/mol. The molecule has 3 unspecified atom stereocenters. The van der Waals surface area contributed by atoms with Gasteiger partial charge in [0.15, 0.2) is 0 Å². The fourth-order valence-electron chi connectivity index (χ4n) is 5.21. The van der Waals surface area contributed by atoms with Gasteiger partial charge < -0.3 is 9.47 Å². The van der Waals surface area contributed by atoms with Gasteiger partial charge in [-0.25, -0.2) is 9.48 Å². The molecular weight excluding hydrogens is 438 g/mol. The van der Waals surface area contributed by atoms with Gasteiger partial charge in [-0.15, -0.1) is 5.10 Å². The highest BCUT2D eigenvalue weighted by atomic mass is 16.6. The van der Waals surface area contributed by atoms with E-state index in [0.29, 0.717) is 6.04 Å². The highest BCUT2D eigenvalue weighted by Crippen LogP contribution is 2.31. The standard InChI is InChI=1S/C29H53N3O3/c1-5-8-10-12-15-20-25(18-7-3)35-28(33)23-34-27-22-17-13-16-21-26-29(27)30-31-32(26)24(4)19-14-11-9-6-2/h24-25,27H,5-23H2,1-4H3. The Balaban J connectivity index is 1.91. The van der Waals surface area contributed by atoms with Gasteiger partial charge in [0.25, 0.3) is 0 Å². The lowest BCUT2D eigenvalue weighted by Crippen LogP contribution is -2.23. The fourth-order valence-corrected chi connectivity index (χ4v) is 5.21. The largest absolute Gasteiger partial charge is 0.461 e. The minimum Gasteiger partial charge on any atom is -0.461 e. The maximum atomic E-state index is 12.7. The Morgan fingerprint density at radius 1 is 0.914 bits per heavy atom. The van der Waals surface area contributed by atoms with Gasteiger partial charge in [-0.3, -0.25) is 0 Å². The third-order valence-corrected chi connectivity index (χ3v) is 7.34. The summed E-state index contributed by atoms with van der Waals surface area (Å²) in [6.45, 7) is 8.88. The first-order chi connectivity index (χ1) is 17.1. The monoisotopic (exact) mass is 491 g/mol. The number of esters is 1. The molecule has 35 heavy (non-hydrogen) atoms. The molecule has 1 aromatic rings.